The van der Waals surface area contributed by atoms with Gasteiger partial charge in [0.05, 0.1) is 11.6 Å². The van der Waals surface area contributed by atoms with E-state index in [1.54, 1.807) is 24.3 Å². The van der Waals surface area contributed by atoms with Gasteiger partial charge >= 0.3 is 0 Å². The van der Waals surface area contributed by atoms with Gasteiger partial charge in [0.15, 0.2) is 0 Å². The van der Waals surface area contributed by atoms with Crippen LogP contribution in [0, 0.1) is 11.3 Å². The fourth-order valence-electron chi connectivity index (χ4n) is 3.11. The SMILES string of the molecule is N#Cc1ccc(C(=O)N2CCN(C3CCNC3)CC2)cc1. The summed E-state index contributed by atoms with van der Waals surface area (Å²) < 4.78 is 0. The molecule has 21 heavy (non-hydrogen) atoms. The van der Waals surface area contributed by atoms with E-state index < -0.39 is 0 Å². The Bertz CT molecular complexity index is 534. The number of amides is 1. The van der Waals surface area contributed by atoms with Crippen LogP contribution in [0.25, 0.3) is 0 Å². The van der Waals surface area contributed by atoms with Gasteiger partial charge in [0.25, 0.3) is 5.91 Å². The highest BCUT2D eigenvalue weighted by Gasteiger charge is 2.28. The van der Waals surface area contributed by atoms with Crippen LogP contribution in [0.3, 0.4) is 0 Å². The van der Waals surface area contributed by atoms with Gasteiger partial charge in [-0.05, 0) is 37.2 Å². The number of benzene rings is 1. The second kappa shape index (κ2) is 6.25. The van der Waals surface area contributed by atoms with Crippen molar-refractivity contribution in [1.29, 1.82) is 5.26 Å². The van der Waals surface area contributed by atoms with Crippen molar-refractivity contribution in [3.8, 4) is 6.07 Å². The molecule has 1 amide bonds. The molecule has 1 atom stereocenters. The molecule has 0 saturated carbocycles. The van der Waals surface area contributed by atoms with Gasteiger partial charge in [0, 0.05) is 44.3 Å². The normalized spacial score (nSPS) is 23.0. The van der Waals surface area contributed by atoms with Crippen LogP contribution in [0.5, 0.6) is 0 Å². The van der Waals surface area contributed by atoms with E-state index in [2.05, 4.69) is 16.3 Å². The van der Waals surface area contributed by atoms with Crippen molar-refractivity contribution < 1.29 is 4.79 Å². The molecule has 1 N–H and O–H groups in total. The predicted molar refractivity (Wildman–Crippen MR) is 79.9 cm³/mol. The predicted octanol–water partition coefficient (Wildman–Crippen LogP) is 0.678. The van der Waals surface area contributed by atoms with Gasteiger partial charge in [-0.2, -0.15) is 5.26 Å². The summed E-state index contributed by atoms with van der Waals surface area (Å²) in [7, 11) is 0. The van der Waals surface area contributed by atoms with E-state index in [1.165, 1.54) is 6.42 Å². The second-order valence-corrected chi connectivity index (χ2v) is 5.66. The van der Waals surface area contributed by atoms with Gasteiger partial charge in [-0.1, -0.05) is 0 Å². The molecule has 5 nitrogen and oxygen atoms in total. The van der Waals surface area contributed by atoms with E-state index in [-0.39, 0.29) is 5.91 Å². The van der Waals surface area contributed by atoms with E-state index in [0.717, 1.165) is 39.3 Å². The summed E-state index contributed by atoms with van der Waals surface area (Å²) in [5.41, 5.74) is 1.26. The molecule has 110 valence electrons. The molecule has 2 heterocycles. The highest BCUT2D eigenvalue weighted by atomic mass is 16.2. The van der Waals surface area contributed by atoms with Crippen LogP contribution in [-0.4, -0.2) is 61.0 Å². The number of piperazine rings is 1. The first kappa shape index (κ1) is 14.1. The molecular formula is C16H20N4O. The Kier molecular flexibility index (Phi) is 4.18. The average molecular weight is 284 g/mol. The highest BCUT2D eigenvalue weighted by Crippen LogP contribution is 2.14. The van der Waals surface area contributed by atoms with Crippen molar-refractivity contribution >= 4 is 5.91 Å². The Labute approximate surface area is 125 Å². The fraction of sp³-hybridized carbons (Fsp3) is 0.500. The number of nitrogens with one attached hydrogen (secondary N) is 1. The molecule has 1 aromatic carbocycles. The van der Waals surface area contributed by atoms with E-state index in [1.807, 2.05) is 4.90 Å². The molecule has 2 saturated heterocycles. The van der Waals surface area contributed by atoms with Crippen LogP contribution >= 0.6 is 0 Å². The third-order valence-electron chi connectivity index (χ3n) is 4.41. The van der Waals surface area contributed by atoms with Gasteiger partial charge in [-0.25, -0.2) is 0 Å². The van der Waals surface area contributed by atoms with E-state index >= 15 is 0 Å². The van der Waals surface area contributed by atoms with Crippen molar-refractivity contribution in [3.05, 3.63) is 35.4 Å². The van der Waals surface area contributed by atoms with Gasteiger partial charge < -0.3 is 10.2 Å². The maximum Gasteiger partial charge on any atom is 0.253 e. The van der Waals surface area contributed by atoms with Gasteiger partial charge in [-0.15, -0.1) is 0 Å². The molecule has 0 aliphatic carbocycles. The largest absolute Gasteiger partial charge is 0.336 e. The lowest BCUT2D eigenvalue weighted by molar-refractivity contribution is 0.0584. The summed E-state index contributed by atoms with van der Waals surface area (Å²) in [6, 6.07) is 9.60. The Morgan fingerprint density at radius 3 is 2.48 bits per heavy atom. The number of hydrogen-bond donors (Lipinski definition) is 1. The third-order valence-corrected chi connectivity index (χ3v) is 4.41. The standard InChI is InChI=1S/C16H20N4O/c17-11-13-1-3-14(4-2-13)16(21)20-9-7-19(8-10-20)15-5-6-18-12-15/h1-4,15,18H,5-10,12H2. The molecule has 2 aliphatic rings. The number of rotatable bonds is 2. The van der Waals surface area contributed by atoms with E-state index in [0.29, 0.717) is 17.2 Å². The van der Waals surface area contributed by atoms with E-state index in [4.69, 9.17) is 5.26 Å². The fourth-order valence-corrected chi connectivity index (χ4v) is 3.11. The first-order valence-corrected chi connectivity index (χ1v) is 7.52. The molecule has 0 spiro atoms. The summed E-state index contributed by atoms with van der Waals surface area (Å²) in [5.74, 6) is 0.0729. The van der Waals surface area contributed by atoms with Crippen LogP contribution in [0.1, 0.15) is 22.3 Å². The monoisotopic (exact) mass is 284 g/mol. The minimum absolute atomic E-state index is 0.0729. The van der Waals surface area contributed by atoms with Crippen molar-refractivity contribution in [1.82, 2.24) is 15.1 Å². The number of nitriles is 1. The molecule has 2 aliphatic heterocycles. The topological polar surface area (TPSA) is 59.4 Å². The zero-order valence-corrected chi connectivity index (χ0v) is 12.1. The zero-order chi connectivity index (χ0) is 14.7. The summed E-state index contributed by atoms with van der Waals surface area (Å²) in [6.45, 7) is 5.66. The summed E-state index contributed by atoms with van der Waals surface area (Å²) >= 11 is 0. The minimum atomic E-state index is 0.0729. The van der Waals surface area contributed by atoms with Crippen LogP contribution in [0.15, 0.2) is 24.3 Å². The molecular weight excluding hydrogens is 264 g/mol. The molecule has 0 bridgehead atoms. The van der Waals surface area contributed by atoms with Crippen molar-refractivity contribution in [2.24, 2.45) is 0 Å². The quantitative estimate of drug-likeness (QED) is 0.867. The first-order valence-electron chi connectivity index (χ1n) is 7.52. The summed E-state index contributed by atoms with van der Waals surface area (Å²) in [6.07, 6.45) is 1.21. The lowest BCUT2D eigenvalue weighted by Gasteiger charge is -2.37. The zero-order valence-electron chi connectivity index (χ0n) is 12.1. The molecule has 1 aromatic rings. The Morgan fingerprint density at radius 2 is 1.90 bits per heavy atom. The molecule has 3 rings (SSSR count). The third kappa shape index (κ3) is 3.07. The minimum Gasteiger partial charge on any atom is -0.336 e. The van der Waals surface area contributed by atoms with Crippen molar-refractivity contribution in [2.45, 2.75) is 12.5 Å². The van der Waals surface area contributed by atoms with Crippen molar-refractivity contribution in [3.63, 3.8) is 0 Å². The number of nitrogens with zero attached hydrogens (tertiary/aromatic N) is 3. The lowest BCUT2D eigenvalue weighted by atomic mass is 10.1. The van der Waals surface area contributed by atoms with Crippen molar-refractivity contribution in [2.75, 3.05) is 39.3 Å². The molecule has 0 radical (unpaired) electrons. The maximum absolute atomic E-state index is 12.4. The van der Waals surface area contributed by atoms with Crippen LogP contribution in [0.4, 0.5) is 0 Å². The molecule has 1 unspecified atom stereocenters. The van der Waals surface area contributed by atoms with Gasteiger partial charge in [-0.3, -0.25) is 9.69 Å². The highest BCUT2D eigenvalue weighted by molar-refractivity contribution is 5.94. The van der Waals surface area contributed by atoms with Gasteiger partial charge in [0.2, 0.25) is 0 Å². The molecule has 0 aromatic heterocycles. The first-order chi connectivity index (χ1) is 10.3. The van der Waals surface area contributed by atoms with Crippen LogP contribution < -0.4 is 5.32 Å². The number of carbonyl (C=O) groups excluding carboxylic acids is 1. The lowest BCUT2D eigenvalue weighted by Crippen LogP contribution is -2.52. The van der Waals surface area contributed by atoms with E-state index in [9.17, 15) is 4.79 Å². The van der Waals surface area contributed by atoms with Crippen LogP contribution in [0.2, 0.25) is 0 Å². The Balaban J connectivity index is 1.58. The summed E-state index contributed by atoms with van der Waals surface area (Å²) in [4.78, 5) is 16.8. The Morgan fingerprint density at radius 1 is 1.19 bits per heavy atom. The number of hydrogen-bond acceptors (Lipinski definition) is 4. The number of carbonyl (C=O) groups is 1. The smallest absolute Gasteiger partial charge is 0.253 e. The molecule has 5 heteroatoms. The second-order valence-electron chi connectivity index (χ2n) is 5.66. The van der Waals surface area contributed by atoms with Gasteiger partial charge in [0.1, 0.15) is 0 Å². The van der Waals surface area contributed by atoms with Crippen LogP contribution in [-0.2, 0) is 0 Å². The molecule has 2 fully saturated rings. The Hall–Kier alpha value is -1.90. The maximum atomic E-state index is 12.4. The summed E-state index contributed by atoms with van der Waals surface area (Å²) in [5, 5.41) is 12.2. The average Bonchev–Trinajstić information content (AvgIpc) is 3.09.